The van der Waals surface area contributed by atoms with Crippen LogP contribution in [0, 0.1) is 5.82 Å². The fourth-order valence-electron chi connectivity index (χ4n) is 2.44. The lowest BCUT2D eigenvalue weighted by Gasteiger charge is -2.13. The molecule has 1 aliphatic carbocycles. The van der Waals surface area contributed by atoms with Crippen molar-refractivity contribution < 1.29 is 19.0 Å². The van der Waals surface area contributed by atoms with E-state index in [4.69, 9.17) is 9.84 Å². The predicted molar refractivity (Wildman–Crippen MR) is 68.6 cm³/mol. The van der Waals surface area contributed by atoms with Crippen LogP contribution in [-0.2, 0) is 11.3 Å². The lowest BCUT2D eigenvalue weighted by atomic mass is 10.1. The number of carboxylic acids is 1. The molecule has 19 heavy (non-hydrogen) atoms. The highest BCUT2D eigenvalue weighted by Gasteiger charge is 2.23. The molecule has 1 fully saturated rings. The molecule has 2 rings (SSSR count). The summed E-state index contributed by atoms with van der Waals surface area (Å²) in [4.78, 5) is 10.7. The van der Waals surface area contributed by atoms with E-state index in [1.54, 1.807) is 13.2 Å². The standard InChI is InChI=1S/C14H18FNO3/c1-19-11-4-3-10(7-11)16-8-9-2-5-12(14(17)18)13(15)6-9/h2,5-6,10-11,16H,3-4,7-8H2,1H3,(H,17,18). The van der Waals surface area contributed by atoms with Crippen molar-refractivity contribution in [2.75, 3.05) is 7.11 Å². The first-order valence-corrected chi connectivity index (χ1v) is 6.38. The van der Waals surface area contributed by atoms with E-state index >= 15 is 0 Å². The fourth-order valence-corrected chi connectivity index (χ4v) is 2.44. The zero-order valence-corrected chi connectivity index (χ0v) is 10.9. The van der Waals surface area contributed by atoms with Gasteiger partial charge in [0.15, 0.2) is 0 Å². The van der Waals surface area contributed by atoms with Gasteiger partial charge in [-0.05, 0) is 37.0 Å². The highest BCUT2D eigenvalue weighted by Crippen LogP contribution is 2.21. The summed E-state index contributed by atoms with van der Waals surface area (Å²) in [6.07, 6.45) is 3.37. The molecule has 5 heteroatoms. The van der Waals surface area contributed by atoms with Crippen LogP contribution in [0.15, 0.2) is 18.2 Å². The first kappa shape index (κ1) is 14.0. The molecule has 0 heterocycles. The van der Waals surface area contributed by atoms with E-state index in [1.165, 1.54) is 12.1 Å². The average molecular weight is 267 g/mol. The molecule has 1 saturated carbocycles. The van der Waals surface area contributed by atoms with Gasteiger partial charge in [-0.2, -0.15) is 0 Å². The summed E-state index contributed by atoms with van der Waals surface area (Å²) in [6, 6.07) is 4.61. The minimum atomic E-state index is -1.24. The lowest BCUT2D eigenvalue weighted by molar-refractivity contribution is 0.0692. The number of hydrogen-bond acceptors (Lipinski definition) is 3. The molecule has 0 saturated heterocycles. The lowest BCUT2D eigenvalue weighted by Crippen LogP contribution is -2.26. The second-order valence-electron chi connectivity index (χ2n) is 4.87. The van der Waals surface area contributed by atoms with Crippen molar-refractivity contribution in [2.24, 2.45) is 0 Å². The summed E-state index contributed by atoms with van der Waals surface area (Å²) in [7, 11) is 1.72. The van der Waals surface area contributed by atoms with Gasteiger partial charge in [-0.3, -0.25) is 0 Å². The minimum Gasteiger partial charge on any atom is -0.478 e. The molecule has 0 bridgehead atoms. The van der Waals surface area contributed by atoms with Gasteiger partial charge in [-0.1, -0.05) is 6.07 Å². The molecule has 2 N–H and O–H groups in total. The summed E-state index contributed by atoms with van der Waals surface area (Å²) in [6.45, 7) is 0.540. The van der Waals surface area contributed by atoms with Crippen LogP contribution >= 0.6 is 0 Å². The van der Waals surface area contributed by atoms with Crippen LogP contribution in [-0.4, -0.2) is 30.3 Å². The number of ether oxygens (including phenoxy) is 1. The molecule has 2 atom stereocenters. The van der Waals surface area contributed by atoms with Gasteiger partial charge in [0, 0.05) is 19.7 Å². The van der Waals surface area contributed by atoms with E-state index in [2.05, 4.69) is 5.32 Å². The van der Waals surface area contributed by atoms with Crippen LogP contribution in [0.25, 0.3) is 0 Å². The van der Waals surface area contributed by atoms with Crippen molar-refractivity contribution in [1.29, 1.82) is 0 Å². The molecule has 0 aliphatic heterocycles. The summed E-state index contributed by atoms with van der Waals surface area (Å²) >= 11 is 0. The number of rotatable bonds is 5. The molecule has 0 radical (unpaired) electrons. The Morgan fingerprint density at radius 2 is 2.32 bits per heavy atom. The summed E-state index contributed by atoms with van der Waals surface area (Å²) < 4.78 is 18.8. The largest absolute Gasteiger partial charge is 0.478 e. The summed E-state index contributed by atoms with van der Waals surface area (Å²) in [5.41, 5.74) is 0.465. The number of aromatic carboxylic acids is 1. The Bertz CT molecular complexity index is 464. The van der Waals surface area contributed by atoms with E-state index in [-0.39, 0.29) is 5.56 Å². The molecule has 104 valence electrons. The number of carbonyl (C=O) groups is 1. The maximum Gasteiger partial charge on any atom is 0.338 e. The zero-order chi connectivity index (χ0) is 13.8. The van der Waals surface area contributed by atoms with E-state index in [1.807, 2.05) is 0 Å². The van der Waals surface area contributed by atoms with E-state index < -0.39 is 11.8 Å². The third kappa shape index (κ3) is 3.52. The second kappa shape index (κ2) is 6.12. The third-order valence-electron chi connectivity index (χ3n) is 3.58. The van der Waals surface area contributed by atoms with Crippen molar-refractivity contribution >= 4 is 5.97 Å². The average Bonchev–Trinajstić information content (AvgIpc) is 2.84. The number of halogens is 1. The first-order valence-electron chi connectivity index (χ1n) is 6.38. The molecule has 1 aliphatic rings. The number of hydrogen-bond donors (Lipinski definition) is 2. The molecule has 1 aromatic carbocycles. The number of benzene rings is 1. The Labute approximate surface area is 111 Å². The Hall–Kier alpha value is -1.46. The van der Waals surface area contributed by atoms with Crippen LogP contribution in [0.4, 0.5) is 4.39 Å². The fraction of sp³-hybridized carbons (Fsp3) is 0.500. The maximum atomic E-state index is 13.5. The molecular formula is C14H18FNO3. The SMILES string of the molecule is COC1CCC(NCc2ccc(C(=O)O)c(F)c2)C1. The highest BCUT2D eigenvalue weighted by molar-refractivity contribution is 5.87. The van der Waals surface area contributed by atoms with Gasteiger partial charge in [-0.25, -0.2) is 9.18 Å². The number of nitrogens with one attached hydrogen (secondary N) is 1. The molecule has 4 nitrogen and oxygen atoms in total. The van der Waals surface area contributed by atoms with E-state index in [0.717, 1.165) is 24.8 Å². The van der Waals surface area contributed by atoms with Gasteiger partial charge < -0.3 is 15.2 Å². The summed E-state index contributed by atoms with van der Waals surface area (Å²) in [5.74, 6) is -1.93. The molecule has 0 aromatic heterocycles. The van der Waals surface area contributed by atoms with E-state index in [9.17, 15) is 9.18 Å². The van der Waals surface area contributed by atoms with Crippen molar-refractivity contribution in [1.82, 2.24) is 5.32 Å². The van der Waals surface area contributed by atoms with Crippen molar-refractivity contribution in [2.45, 2.75) is 38.0 Å². The Morgan fingerprint density at radius 3 is 2.89 bits per heavy atom. The topological polar surface area (TPSA) is 58.6 Å². The Morgan fingerprint density at radius 1 is 1.53 bits per heavy atom. The third-order valence-corrected chi connectivity index (χ3v) is 3.58. The van der Waals surface area contributed by atoms with E-state index in [0.29, 0.717) is 18.7 Å². The molecule has 2 unspecified atom stereocenters. The van der Waals surface area contributed by atoms with Gasteiger partial charge in [0.1, 0.15) is 5.82 Å². The van der Waals surface area contributed by atoms with Gasteiger partial charge in [0.25, 0.3) is 0 Å². The van der Waals surface area contributed by atoms with Crippen LogP contribution < -0.4 is 5.32 Å². The quantitative estimate of drug-likeness (QED) is 0.858. The predicted octanol–water partition coefficient (Wildman–Crippen LogP) is 2.18. The molecule has 0 amide bonds. The molecular weight excluding hydrogens is 249 g/mol. The normalized spacial score (nSPS) is 22.6. The smallest absolute Gasteiger partial charge is 0.338 e. The first-order chi connectivity index (χ1) is 9.10. The van der Waals surface area contributed by atoms with Gasteiger partial charge in [0.2, 0.25) is 0 Å². The van der Waals surface area contributed by atoms with Gasteiger partial charge in [0.05, 0.1) is 11.7 Å². The maximum absolute atomic E-state index is 13.5. The van der Waals surface area contributed by atoms with Crippen LogP contribution in [0.3, 0.4) is 0 Å². The zero-order valence-electron chi connectivity index (χ0n) is 10.9. The number of methoxy groups -OCH3 is 1. The van der Waals surface area contributed by atoms with Crippen molar-refractivity contribution in [3.8, 4) is 0 Å². The molecule has 0 spiro atoms. The van der Waals surface area contributed by atoms with Gasteiger partial charge >= 0.3 is 5.97 Å². The number of carboxylic acid groups (broad SMARTS) is 1. The van der Waals surface area contributed by atoms with Gasteiger partial charge in [-0.15, -0.1) is 0 Å². The van der Waals surface area contributed by atoms with Crippen molar-refractivity contribution in [3.63, 3.8) is 0 Å². The molecule has 1 aromatic rings. The van der Waals surface area contributed by atoms with Crippen LogP contribution in [0.2, 0.25) is 0 Å². The highest BCUT2D eigenvalue weighted by atomic mass is 19.1. The second-order valence-corrected chi connectivity index (χ2v) is 4.87. The monoisotopic (exact) mass is 267 g/mol. The summed E-state index contributed by atoms with van der Waals surface area (Å²) in [5, 5.41) is 12.1. The minimum absolute atomic E-state index is 0.288. The Kier molecular flexibility index (Phi) is 4.50. The van der Waals surface area contributed by atoms with Crippen LogP contribution in [0.1, 0.15) is 35.2 Å². The Balaban J connectivity index is 1.90. The van der Waals surface area contributed by atoms with Crippen LogP contribution in [0.5, 0.6) is 0 Å². The van der Waals surface area contributed by atoms with Crippen molar-refractivity contribution in [3.05, 3.63) is 35.1 Å².